The number of alkyl carbamates (subject to hydrolysis) is 1. The van der Waals surface area contributed by atoms with Gasteiger partial charge in [-0.25, -0.2) is 4.79 Å². The van der Waals surface area contributed by atoms with Crippen LogP contribution in [0.5, 0.6) is 5.75 Å². The second-order valence-electron chi connectivity index (χ2n) is 12.7. The molecule has 0 aliphatic rings. The van der Waals surface area contributed by atoms with Gasteiger partial charge < -0.3 is 30.1 Å². The molecule has 2 aromatic carbocycles. The van der Waals surface area contributed by atoms with Crippen molar-refractivity contribution >= 4 is 23.9 Å². The fourth-order valence-electron chi connectivity index (χ4n) is 5.17. The van der Waals surface area contributed by atoms with Crippen molar-refractivity contribution in [3.05, 3.63) is 65.2 Å². The number of aryl methyl sites for hydroxylation is 1. The summed E-state index contributed by atoms with van der Waals surface area (Å²) in [5, 5.41) is 15.4. The summed E-state index contributed by atoms with van der Waals surface area (Å²) in [7, 11) is 0. The lowest BCUT2D eigenvalue weighted by Gasteiger charge is -2.35. The number of hydrogen-bond acceptors (Lipinski definition) is 7. The predicted molar refractivity (Wildman–Crippen MR) is 183 cm³/mol. The summed E-state index contributed by atoms with van der Waals surface area (Å²) < 4.78 is 10.5. The molecule has 0 aliphatic heterocycles. The van der Waals surface area contributed by atoms with Crippen LogP contribution in [0.1, 0.15) is 109 Å². The van der Waals surface area contributed by atoms with Gasteiger partial charge in [0.1, 0.15) is 23.4 Å². The number of amides is 3. The van der Waals surface area contributed by atoms with Gasteiger partial charge in [-0.3, -0.25) is 14.4 Å². The molecule has 0 heterocycles. The van der Waals surface area contributed by atoms with Crippen LogP contribution < -0.4 is 10.6 Å². The molecule has 0 aromatic heterocycles. The summed E-state index contributed by atoms with van der Waals surface area (Å²) in [6.07, 6.45) is 6.03. The smallest absolute Gasteiger partial charge is 0.408 e. The van der Waals surface area contributed by atoms with Gasteiger partial charge in [-0.15, -0.1) is 0 Å². The first-order chi connectivity index (χ1) is 22.4. The van der Waals surface area contributed by atoms with E-state index in [9.17, 15) is 24.3 Å². The molecule has 0 fully saturated rings. The molecule has 3 amide bonds. The molecule has 2 aromatic rings. The molecule has 2 rings (SSSR count). The van der Waals surface area contributed by atoms with E-state index in [0.717, 1.165) is 44.1 Å². The first-order valence-corrected chi connectivity index (χ1v) is 17.0. The number of ether oxygens (including phenoxy) is 2. The number of carbonyl (C=O) groups excluding carboxylic acids is 4. The van der Waals surface area contributed by atoms with Crippen molar-refractivity contribution in [3.63, 3.8) is 0 Å². The highest BCUT2D eigenvalue weighted by Crippen LogP contribution is 2.25. The maximum atomic E-state index is 14.6. The number of benzene rings is 2. The van der Waals surface area contributed by atoms with Gasteiger partial charge >= 0.3 is 12.1 Å². The van der Waals surface area contributed by atoms with Gasteiger partial charge in [0, 0.05) is 19.5 Å². The molecule has 0 spiro atoms. The Kier molecular flexibility index (Phi) is 16.8. The monoisotopic (exact) mass is 653 g/mol. The lowest BCUT2D eigenvalue weighted by Crippen LogP contribution is -2.54. The fourth-order valence-corrected chi connectivity index (χ4v) is 5.17. The molecular formula is C37H55N3O7. The van der Waals surface area contributed by atoms with E-state index in [4.69, 9.17) is 9.47 Å². The van der Waals surface area contributed by atoms with Crippen molar-refractivity contribution in [1.82, 2.24) is 15.5 Å². The average Bonchev–Trinajstić information content (AvgIpc) is 3.02. The van der Waals surface area contributed by atoms with E-state index in [-0.39, 0.29) is 38.3 Å². The Morgan fingerprint density at radius 3 is 2.06 bits per heavy atom. The topological polar surface area (TPSA) is 134 Å². The van der Waals surface area contributed by atoms with E-state index in [0.29, 0.717) is 17.5 Å². The van der Waals surface area contributed by atoms with Gasteiger partial charge in [-0.05, 0) is 69.4 Å². The molecule has 0 aliphatic carbocycles. The highest BCUT2D eigenvalue weighted by molar-refractivity contribution is 5.92. The second-order valence-corrected chi connectivity index (χ2v) is 12.7. The molecule has 10 heteroatoms. The summed E-state index contributed by atoms with van der Waals surface area (Å²) in [4.78, 5) is 55.2. The number of carbonyl (C=O) groups is 4. The van der Waals surface area contributed by atoms with Crippen LogP contribution in [0.3, 0.4) is 0 Å². The lowest BCUT2D eigenvalue weighted by atomic mass is 9.98. The molecule has 10 nitrogen and oxygen atoms in total. The van der Waals surface area contributed by atoms with Crippen LogP contribution in [0.4, 0.5) is 4.79 Å². The molecular weight excluding hydrogens is 598 g/mol. The highest BCUT2D eigenvalue weighted by atomic mass is 16.6. The fraction of sp³-hybridized carbons (Fsp3) is 0.568. The number of hydrogen-bond donors (Lipinski definition) is 3. The third kappa shape index (κ3) is 14.5. The van der Waals surface area contributed by atoms with Crippen molar-refractivity contribution < 1.29 is 33.8 Å². The van der Waals surface area contributed by atoms with Crippen molar-refractivity contribution in [2.24, 2.45) is 0 Å². The Morgan fingerprint density at radius 2 is 1.47 bits per heavy atom. The number of aromatic hydroxyl groups is 1. The average molecular weight is 654 g/mol. The maximum Gasteiger partial charge on any atom is 0.408 e. The zero-order valence-corrected chi connectivity index (χ0v) is 29.1. The predicted octanol–water partition coefficient (Wildman–Crippen LogP) is 6.39. The van der Waals surface area contributed by atoms with E-state index in [1.54, 1.807) is 44.7 Å². The summed E-state index contributed by atoms with van der Waals surface area (Å²) in [5.41, 5.74) is 1.62. The van der Waals surface area contributed by atoms with E-state index in [2.05, 4.69) is 17.6 Å². The number of esters is 1. The first kappa shape index (κ1) is 39.1. The Labute approximate surface area is 280 Å². The van der Waals surface area contributed by atoms with Crippen LogP contribution in [0.15, 0.2) is 48.5 Å². The Balaban J connectivity index is 2.53. The first-order valence-electron chi connectivity index (χ1n) is 17.0. The molecule has 0 bridgehead atoms. The standard InChI is InChI=1S/C37H55N3O7/c1-7-10-11-12-13-14-25-40(33(29-19-15-27(8-2)16-20-29)34(43)38-24-23-32(42)46-9-3)35(44)31(39-36(45)47-37(4,5)6)26-28-17-21-30(41)22-18-28/h15-22,31,33,41H,7-14,23-26H2,1-6H3,(H,38,43)(H,39,45). The molecule has 0 saturated carbocycles. The lowest BCUT2D eigenvalue weighted by molar-refractivity contribution is -0.144. The number of nitrogens with zero attached hydrogens (tertiary/aromatic N) is 1. The van der Waals surface area contributed by atoms with Gasteiger partial charge in [0.05, 0.1) is 13.0 Å². The number of rotatable bonds is 19. The van der Waals surface area contributed by atoms with Gasteiger partial charge in [-0.2, -0.15) is 0 Å². The molecule has 2 atom stereocenters. The van der Waals surface area contributed by atoms with Crippen LogP contribution in [-0.2, 0) is 36.7 Å². The number of phenolic OH excluding ortho intramolecular Hbond substituents is 1. The van der Waals surface area contributed by atoms with Crippen LogP contribution in [-0.4, -0.2) is 65.2 Å². The second kappa shape index (κ2) is 20.2. The molecule has 3 N–H and O–H groups in total. The van der Waals surface area contributed by atoms with Crippen molar-refractivity contribution in [2.45, 2.75) is 117 Å². The van der Waals surface area contributed by atoms with Crippen LogP contribution in [0.2, 0.25) is 0 Å². The summed E-state index contributed by atoms with van der Waals surface area (Å²) in [5.74, 6) is -1.22. The van der Waals surface area contributed by atoms with Crippen LogP contribution >= 0.6 is 0 Å². The quantitative estimate of drug-likeness (QED) is 0.118. The Morgan fingerprint density at radius 1 is 0.851 bits per heavy atom. The Hall–Kier alpha value is -4.08. The third-order valence-electron chi connectivity index (χ3n) is 7.60. The molecule has 0 saturated heterocycles. The van der Waals surface area contributed by atoms with E-state index >= 15 is 0 Å². The number of nitrogens with one attached hydrogen (secondary N) is 2. The van der Waals surface area contributed by atoms with Gasteiger partial charge in [0.25, 0.3) is 0 Å². The summed E-state index contributed by atoms with van der Waals surface area (Å²) in [6, 6.07) is 11.9. The molecule has 47 heavy (non-hydrogen) atoms. The summed E-state index contributed by atoms with van der Waals surface area (Å²) >= 11 is 0. The van der Waals surface area contributed by atoms with Crippen molar-refractivity contribution in [2.75, 3.05) is 19.7 Å². The third-order valence-corrected chi connectivity index (χ3v) is 7.60. The zero-order chi connectivity index (χ0) is 34.8. The number of phenols is 1. The minimum absolute atomic E-state index is 0.00384. The van der Waals surface area contributed by atoms with E-state index in [1.807, 2.05) is 31.2 Å². The van der Waals surface area contributed by atoms with E-state index in [1.165, 1.54) is 12.1 Å². The van der Waals surface area contributed by atoms with Crippen molar-refractivity contribution in [1.29, 1.82) is 0 Å². The normalized spacial score (nSPS) is 12.5. The van der Waals surface area contributed by atoms with Crippen molar-refractivity contribution in [3.8, 4) is 5.75 Å². The number of unbranched alkanes of at least 4 members (excludes halogenated alkanes) is 5. The SMILES string of the molecule is CCCCCCCCN(C(=O)C(Cc1ccc(O)cc1)NC(=O)OC(C)(C)C)C(C(=O)NCCC(=O)OCC)c1ccc(CC)cc1. The van der Waals surface area contributed by atoms with Crippen LogP contribution in [0, 0.1) is 0 Å². The van der Waals surface area contributed by atoms with Gasteiger partial charge in [-0.1, -0.05) is 82.3 Å². The zero-order valence-electron chi connectivity index (χ0n) is 29.1. The Bertz CT molecular complexity index is 1260. The molecule has 260 valence electrons. The van der Waals surface area contributed by atoms with E-state index < -0.39 is 41.6 Å². The minimum Gasteiger partial charge on any atom is -0.508 e. The summed E-state index contributed by atoms with van der Waals surface area (Å²) in [6.45, 7) is 11.7. The minimum atomic E-state index is -1.07. The maximum absolute atomic E-state index is 14.6. The van der Waals surface area contributed by atoms with Crippen LogP contribution in [0.25, 0.3) is 0 Å². The largest absolute Gasteiger partial charge is 0.508 e. The molecule has 2 unspecified atom stereocenters. The molecule has 0 radical (unpaired) electrons. The van der Waals surface area contributed by atoms with Gasteiger partial charge in [0.2, 0.25) is 11.8 Å². The van der Waals surface area contributed by atoms with Gasteiger partial charge in [0.15, 0.2) is 0 Å². The highest BCUT2D eigenvalue weighted by Gasteiger charge is 2.36.